The third kappa shape index (κ3) is 12.3. The number of carbonyl (C=O) groups is 2. The molecule has 3 aromatic rings. The Morgan fingerprint density at radius 3 is 2.32 bits per heavy atom. The van der Waals surface area contributed by atoms with E-state index in [-0.39, 0.29) is 42.4 Å². The van der Waals surface area contributed by atoms with Crippen LogP contribution in [-0.2, 0) is 45.6 Å². The maximum atomic E-state index is 13.6. The van der Waals surface area contributed by atoms with E-state index in [1.165, 1.54) is 22.0 Å². The summed E-state index contributed by atoms with van der Waals surface area (Å²) in [5.41, 5.74) is 11.4. The van der Waals surface area contributed by atoms with Gasteiger partial charge in [-0.2, -0.15) is 0 Å². The fraction of sp³-hybridized carbons (Fsp3) is 0.610. The Labute approximate surface area is 313 Å². The fourth-order valence-electron chi connectivity index (χ4n) is 7.49. The number of aromatic nitrogens is 1. The van der Waals surface area contributed by atoms with E-state index in [1.807, 2.05) is 13.8 Å². The summed E-state index contributed by atoms with van der Waals surface area (Å²) in [4.78, 5) is 41.0. The van der Waals surface area contributed by atoms with Gasteiger partial charge in [-0.3, -0.25) is 4.79 Å². The van der Waals surface area contributed by atoms with Crippen LogP contribution in [0.2, 0.25) is 0 Å². The SMILES string of the molecule is COCCCc1cn(C)c2ccc(C[C@@H](C[C@H](N)[C@@H](O)C[C@H](C(=O)NC3CCC(OC(=O)c4ccc(CO[N+](=O)[O-])cc4)CC3)C(C)C)C(C)C)cc12. The summed E-state index contributed by atoms with van der Waals surface area (Å²) >= 11 is 0. The standard InChI is InChI=1S/C41H60N4O8/c1-26(2)32(20-29-11-18-38-36(21-29)31(24-44(38)5)8-7-19-51-6)22-37(42)39(46)23-35(27(3)4)40(47)43-33-14-16-34(17-15-33)53-41(48)30-12-9-28(10-13-30)25-52-45(49)50/h9-13,18,21,24,26-27,32-35,37,39,46H,7-8,14-17,19-20,22-23,25,42H2,1-6H3,(H,43,47)/t32-,33?,34?,35-,37-,39-/m0/s1. The minimum absolute atomic E-state index is 0.0169. The molecule has 4 atom stereocenters. The zero-order valence-corrected chi connectivity index (χ0v) is 32.3. The monoisotopic (exact) mass is 736 g/mol. The highest BCUT2D eigenvalue weighted by Crippen LogP contribution is 2.30. The van der Waals surface area contributed by atoms with Crippen LogP contribution in [0.4, 0.5) is 0 Å². The van der Waals surface area contributed by atoms with E-state index in [0.717, 1.165) is 25.9 Å². The molecule has 2 aromatic carbocycles. The largest absolute Gasteiger partial charge is 0.459 e. The number of amides is 1. The van der Waals surface area contributed by atoms with Gasteiger partial charge in [0.25, 0.3) is 5.09 Å². The summed E-state index contributed by atoms with van der Waals surface area (Å²) in [6, 6.07) is 12.5. The second-order valence-corrected chi connectivity index (χ2v) is 15.6. The molecule has 1 aliphatic carbocycles. The molecule has 1 fully saturated rings. The Morgan fingerprint density at radius 1 is 1.02 bits per heavy atom. The molecule has 0 spiro atoms. The number of nitrogens with two attached hydrogens (primary N) is 1. The Hall–Kier alpha value is -4.00. The minimum Gasteiger partial charge on any atom is -0.459 e. The Balaban J connectivity index is 1.26. The van der Waals surface area contributed by atoms with Crippen LogP contribution in [0, 0.1) is 33.8 Å². The maximum Gasteiger partial charge on any atom is 0.338 e. The van der Waals surface area contributed by atoms with Crippen LogP contribution in [0.1, 0.15) is 99.7 Å². The molecular formula is C41H60N4O8. The first-order valence-electron chi connectivity index (χ1n) is 19.1. The molecule has 0 radical (unpaired) electrons. The predicted molar refractivity (Wildman–Crippen MR) is 205 cm³/mol. The summed E-state index contributed by atoms with van der Waals surface area (Å²) in [5, 5.41) is 25.4. The number of hydrogen-bond donors (Lipinski definition) is 3. The van der Waals surface area contributed by atoms with Gasteiger partial charge in [-0.15, -0.1) is 10.1 Å². The molecule has 12 nitrogen and oxygen atoms in total. The van der Waals surface area contributed by atoms with Gasteiger partial charge in [0.2, 0.25) is 5.91 Å². The van der Waals surface area contributed by atoms with Crippen molar-refractivity contribution < 1.29 is 34.1 Å². The second kappa shape index (κ2) is 19.9. The topological polar surface area (TPSA) is 168 Å². The molecule has 292 valence electrons. The minimum atomic E-state index is -0.860. The number of fused-ring (bicyclic) bond motifs is 1. The number of carbonyl (C=O) groups excluding carboxylic acids is 2. The lowest BCUT2D eigenvalue weighted by Crippen LogP contribution is -2.46. The van der Waals surface area contributed by atoms with Crippen LogP contribution in [0.25, 0.3) is 10.9 Å². The van der Waals surface area contributed by atoms with E-state index in [9.17, 15) is 24.8 Å². The van der Waals surface area contributed by atoms with Gasteiger partial charge >= 0.3 is 5.97 Å². The highest BCUT2D eigenvalue weighted by atomic mass is 16.9. The van der Waals surface area contributed by atoms with Crippen molar-refractivity contribution in [2.45, 2.75) is 116 Å². The first kappa shape index (κ1) is 41.8. The third-order valence-corrected chi connectivity index (χ3v) is 10.9. The summed E-state index contributed by atoms with van der Waals surface area (Å²) in [6.07, 6.45) is 7.47. The molecule has 4 rings (SSSR count). The van der Waals surface area contributed by atoms with Crippen LogP contribution in [0.3, 0.4) is 0 Å². The van der Waals surface area contributed by atoms with Crippen molar-refractivity contribution in [3.63, 3.8) is 0 Å². The number of nitrogens with zero attached hydrogens (tertiary/aromatic N) is 2. The summed E-state index contributed by atoms with van der Waals surface area (Å²) in [7, 11) is 3.82. The number of methoxy groups -OCH3 is 1. The molecule has 0 saturated heterocycles. The lowest BCUT2D eigenvalue weighted by molar-refractivity contribution is -0.763. The number of aliphatic hydroxyl groups is 1. The molecule has 0 aliphatic heterocycles. The predicted octanol–water partition coefficient (Wildman–Crippen LogP) is 6.31. The number of benzene rings is 2. The van der Waals surface area contributed by atoms with Crippen molar-refractivity contribution in [2.75, 3.05) is 13.7 Å². The summed E-state index contributed by atoms with van der Waals surface area (Å²) < 4.78 is 13.2. The van der Waals surface area contributed by atoms with Crippen molar-refractivity contribution in [3.8, 4) is 0 Å². The molecule has 1 saturated carbocycles. The Morgan fingerprint density at radius 2 is 1.70 bits per heavy atom. The summed E-state index contributed by atoms with van der Waals surface area (Å²) in [5.74, 6) is -0.274. The van der Waals surface area contributed by atoms with Gasteiger partial charge in [0, 0.05) is 55.9 Å². The van der Waals surface area contributed by atoms with Crippen molar-refractivity contribution in [1.29, 1.82) is 0 Å². The molecule has 12 heteroatoms. The van der Waals surface area contributed by atoms with Gasteiger partial charge in [-0.25, -0.2) is 4.79 Å². The van der Waals surface area contributed by atoms with E-state index in [0.29, 0.717) is 55.6 Å². The van der Waals surface area contributed by atoms with Crippen molar-refractivity contribution >= 4 is 22.8 Å². The average Bonchev–Trinajstić information content (AvgIpc) is 3.43. The number of hydrogen-bond acceptors (Lipinski definition) is 9. The van der Waals surface area contributed by atoms with Gasteiger partial charge in [-0.1, -0.05) is 45.9 Å². The van der Waals surface area contributed by atoms with Crippen LogP contribution >= 0.6 is 0 Å². The van der Waals surface area contributed by atoms with Gasteiger partial charge in [0.05, 0.1) is 11.7 Å². The number of esters is 1. The number of rotatable bonds is 20. The van der Waals surface area contributed by atoms with E-state index in [4.69, 9.17) is 15.2 Å². The molecule has 0 bridgehead atoms. The van der Waals surface area contributed by atoms with Gasteiger partial charge in [-0.05, 0) is 116 Å². The van der Waals surface area contributed by atoms with Crippen LogP contribution < -0.4 is 11.1 Å². The van der Waals surface area contributed by atoms with Crippen molar-refractivity contribution in [1.82, 2.24) is 9.88 Å². The normalized spacial score (nSPS) is 18.5. The Bertz CT molecular complexity index is 1630. The molecule has 53 heavy (non-hydrogen) atoms. The first-order valence-corrected chi connectivity index (χ1v) is 19.1. The van der Waals surface area contributed by atoms with Gasteiger partial charge in [0.15, 0.2) is 0 Å². The van der Waals surface area contributed by atoms with Crippen LogP contribution in [0.15, 0.2) is 48.7 Å². The number of ether oxygens (including phenoxy) is 2. The lowest BCUT2D eigenvalue weighted by Gasteiger charge is -2.32. The Kier molecular flexibility index (Phi) is 15.7. The molecule has 0 unspecified atom stereocenters. The number of aryl methyl sites for hydroxylation is 2. The van der Waals surface area contributed by atoms with E-state index in [2.05, 4.69) is 60.0 Å². The summed E-state index contributed by atoms with van der Waals surface area (Å²) in [6.45, 7) is 8.96. The van der Waals surface area contributed by atoms with Crippen LogP contribution in [0.5, 0.6) is 0 Å². The van der Waals surface area contributed by atoms with Crippen molar-refractivity contribution in [2.24, 2.45) is 36.5 Å². The quantitative estimate of drug-likeness (QED) is 0.0522. The second-order valence-electron chi connectivity index (χ2n) is 15.6. The molecule has 1 heterocycles. The molecule has 1 amide bonds. The van der Waals surface area contributed by atoms with Crippen LogP contribution in [-0.4, -0.2) is 64.6 Å². The highest BCUT2D eigenvalue weighted by molar-refractivity contribution is 5.89. The highest BCUT2D eigenvalue weighted by Gasteiger charge is 2.32. The number of nitrogens with one attached hydrogen (secondary N) is 1. The first-order chi connectivity index (χ1) is 25.2. The average molecular weight is 737 g/mol. The van der Waals surface area contributed by atoms with E-state index < -0.39 is 23.2 Å². The van der Waals surface area contributed by atoms with Gasteiger partial charge in [0.1, 0.15) is 12.7 Å². The van der Waals surface area contributed by atoms with Crippen molar-refractivity contribution in [3.05, 3.63) is 81.0 Å². The third-order valence-electron chi connectivity index (χ3n) is 10.9. The molecule has 4 N–H and O–H groups in total. The molecular weight excluding hydrogens is 676 g/mol. The molecule has 1 aromatic heterocycles. The number of aliphatic hydroxyl groups excluding tert-OH is 1. The van der Waals surface area contributed by atoms with E-state index in [1.54, 1.807) is 31.4 Å². The maximum absolute atomic E-state index is 13.6. The fourth-order valence-corrected chi connectivity index (χ4v) is 7.49. The zero-order chi connectivity index (χ0) is 38.7. The molecule has 1 aliphatic rings. The van der Waals surface area contributed by atoms with E-state index >= 15 is 0 Å². The van der Waals surface area contributed by atoms with Gasteiger partial charge < -0.3 is 35.0 Å². The smallest absolute Gasteiger partial charge is 0.338 e. The zero-order valence-electron chi connectivity index (χ0n) is 32.3. The lowest BCUT2D eigenvalue weighted by atomic mass is 9.80.